The van der Waals surface area contributed by atoms with Crippen LogP contribution in [-0.4, -0.2) is 53.4 Å². The minimum atomic E-state index is -0.0118. The molecule has 1 saturated carbocycles. The molecule has 0 bridgehead atoms. The molecule has 1 aliphatic heterocycles. The standard InChI is InChI=1S/C30H29N7O/c1-3-22(13-21-7-8-21)30(38)36-11-9-28(10-12-36)37-20-27(18-34-37)25-15-31-29(32-16-25)24-6-4-5-23(14-24)26-17-33-35(2)19-26/h1,4-6,13-21,28H,7-12H2,2H3/b22-13-. The molecule has 0 radical (unpaired) electrons. The van der Waals surface area contributed by atoms with Crippen LogP contribution in [0.1, 0.15) is 31.7 Å². The zero-order chi connectivity index (χ0) is 26.1. The average molecular weight is 504 g/mol. The molecule has 190 valence electrons. The molecule has 1 amide bonds. The fraction of sp³-hybridized carbons (Fsp3) is 0.300. The number of hydrogen-bond acceptors (Lipinski definition) is 5. The summed E-state index contributed by atoms with van der Waals surface area (Å²) in [7, 11) is 1.91. The van der Waals surface area contributed by atoms with E-state index in [0.717, 1.165) is 53.5 Å². The Labute approximate surface area is 222 Å². The zero-order valence-electron chi connectivity index (χ0n) is 21.4. The van der Waals surface area contributed by atoms with E-state index >= 15 is 0 Å². The normalized spacial score (nSPS) is 16.4. The van der Waals surface area contributed by atoms with Gasteiger partial charge in [0.25, 0.3) is 5.91 Å². The zero-order valence-corrected chi connectivity index (χ0v) is 21.4. The van der Waals surface area contributed by atoms with Gasteiger partial charge in [0.1, 0.15) is 0 Å². The van der Waals surface area contributed by atoms with E-state index in [9.17, 15) is 4.79 Å². The van der Waals surface area contributed by atoms with Crippen molar-refractivity contribution in [1.82, 2.24) is 34.4 Å². The molecule has 8 nitrogen and oxygen atoms in total. The highest BCUT2D eigenvalue weighted by Gasteiger charge is 2.27. The van der Waals surface area contributed by atoms with Crippen molar-refractivity contribution in [3.63, 3.8) is 0 Å². The summed E-state index contributed by atoms with van der Waals surface area (Å²) < 4.78 is 3.80. The fourth-order valence-corrected chi connectivity index (χ4v) is 4.90. The molecule has 1 aliphatic carbocycles. The Balaban J connectivity index is 1.11. The predicted octanol–water partition coefficient (Wildman–Crippen LogP) is 4.54. The number of amides is 1. The Morgan fingerprint density at radius 1 is 0.921 bits per heavy atom. The van der Waals surface area contributed by atoms with E-state index in [1.54, 1.807) is 4.68 Å². The first-order valence-electron chi connectivity index (χ1n) is 13.0. The van der Waals surface area contributed by atoms with E-state index in [0.29, 0.717) is 30.4 Å². The van der Waals surface area contributed by atoms with Crippen LogP contribution in [0.2, 0.25) is 0 Å². The SMILES string of the molecule is C#C/C(=C/C1CC1)C(=O)N1CCC(n2cc(-c3cnc(-c4cccc(-c5cnn(C)c5)c4)nc3)cn2)CC1. The highest BCUT2D eigenvalue weighted by molar-refractivity contribution is 5.97. The van der Waals surface area contributed by atoms with Crippen molar-refractivity contribution in [3.05, 3.63) is 73.1 Å². The van der Waals surface area contributed by atoms with Crippen LogP contribution in [0, 0.1) is 18.3 Å². The molecule has 38 heavy (non-hydrogen) atoms. The predicted molar refractivity (Wildman–Crippen MR) is 145 cm³/mol. The van der Waals surface area contributed by atoms with E-state index in [1.165, 1.54) is 0 Å². The van der Waals surface area contributed by atoms with Gasteiger partial charge in [0.2, 0.25) is 0 Å². The highest BCUT2D eigenvalue weighted by Crippen LogP contribution is 2.32. The van der Waals surface area contributed by atoms with Gasteiger partial charge in [0.05, 0.1) is 24.0 Å². The third-order valence-electron chi connectivity index (χ3n) is 7.28. The van der Waals surface area contributed by atoms with Gasteiger partial charge in [-0.15, -0.1) is 6.42 Å². The van der Waals surface area contributed by atoms with Gasteiger partial charge >= 0.3 is 0 Å². The van der Waals surface area contributed by atoms with Gasteiger partial charge in [-0.25, -0.2) is 9.97 Å². The summed E-state index contributed by atoms with van der Waals surface area (Å²) >= 11 is 0. The number of aryl methyl sites for hydroxylation is 1. The van der Waals surface area contributed by atoms with Crippen molar-refractivity contribution in [2.75, 3.05) is 13.1 Å². The molecular weight excluding hydrogens is 474 g/mol. The maximum atomic E-state index is 12.8. The molecule has 1 aromatic carbocycles. The van der Waals surface area contributed by atoms with Crippen LogP contribution in [0.5, 0.6) is 0 Å². The number of terminal acetylenes is 1. The molecule has 8 heteroatoms. The number of rotatable bonds is 6. The first kappa shape index (κ1) is 23.9. The molecule has 4 aromatic rings. The van der Waals surface area contributed by atoms with Crippen LogP contribution >= 0.6 is 0 Å². The highest BCUT2D eigenvalue weighted by atomic mass is 16.2. The number of allylic oxidation sites excluding steroid dienone is 1. The summed E-state index contributed by atoms with van der Waals surface area (Å²) in [6.07, 6.45) is 23.0. The van der Waals surface area contributed by atoms with E-state index in [-0.39, 0.29) is 11.9 Å². The molecule has 0 N–H and O–H groups in total. The second-order valence-electron chi connectivity index (χ2n) is 10.1. The minimum Gasteiger partial charge on any atom is -0.338 e. The van der Waals surface area contributed by atoms with Gasteiger partial charge < -0.3 is 4.90 Å². The Morgan fingerprint density at radius 3 is 2.32 bits per heavy atom. The number of carbonyl (C=O) groups is 1. The Morgan fingerprint density at radius 2 is 1.63 bits per heavy atom. The average Bonchev–Trinajstić information content (AvgIpc) is 3.45. The van der Waals surface area contributed by atoms with Gasteiger partial charge in [0.15, 0.2) is 5.82 Å². The number of benzene rings is 1. The van der Waals surface area contributed by atoms with Crippen LogP contribution in [0.25, 0.3) is 33.6 Å². The lowest BCUT2D eigenvalue weighted by Crippen LogP contribution is -2.39. The summed E-state index contributed by atoms with van der Waals surface area (Å²) in [6, 6.07) is 8.40. The molecule has 2 fully saturated rings. The summed E-state index contributed by atoms with van der Waals surface area (Å²) in [4.78, 5) is 24.0. The number of likely N-dealkylation sites (tertiary alicyclic amines) is 1. The first-order valence-corrected chi connectivity index (χ1v) is 13.0. The summed E-state index contributed by atoms with van der Waals surface area (Å²) in [5.41, 5.74) is 5.49. The van der Waals surface area contributed by atoms with Crippen molar-refractivity contribution in [2.24, 2.45) is 13.0 Å². The lowest BCUT2D eigenvalue weighted by atomic mass is 10.0. The van der Waals surface area contributed by atoms with Crippen LogP contribution < -0.4 is 0 Å². The summed E-state index contributed by atoms with van der Waals surface area (Å²) in [5, 5.41) is 8.88. The molecule has 1 saturated heterocycles. The largest absolute Gasteiger partial charge is 0.338 e. The molecule has 2 aliphatic rings. The van der Waals surface area contributed by atoms with Crippen LogP contribution in [-0.2, 0) is 11.8 Å². The van der Waals surface area contributed by atoms with Gasteiger partial charge in [-0.2, -0.15) is 10.2 Å². The fourth-order valence-electron chi connectivity index (χ4n) is 4.90. The van der Waals surface area contributed by atoms with Crippen LogP contribution in [0.15, 0.2) is 73.1 Å². The maximum absolute atomic E-state index is 12.8. The number of piperidine rings is 1. The monoisotopic (exact) mass is 503 g/mol. The van der Waals surface area contributed by atoms with E-state index in [2.05, 4.69) is 38.2 Å². The van der Waals surface area contributed by atoms with Crippen molar-refractivity contribution >= 4 is 5.91 Å². The lowest BCUT2D eigenvalue weighted by Gasteiger charge is -2.32. The third-order valence-corrected chi connectivity index (χ3v) is 7.28. The summed E-state index contributed by atoms with van der Waals surface area (Å²) in [6.45, 7) is 1.36. The van der Waals surface area contributed by atoms with Crippen LogP contribution in [0.4, 0.5) is 0 Å². The maximum Gasteiger partial charge on any atom is 0.262 e. The quantitative estimate of drug-likeness (QED) is 0.285. The number of nitrogens with zero attached hydrogens (tertiary/aromatic N) is 7. The van der Waals surface area contributed by atoms with Gasteiger partial charge in [0, 0.05) is 67.2 Å². The first-order chi connectivity index (χ1) is 18.6. The molecule has 4 heterocycles. The number of hydrogen-bond donors (Lipinski definition) is 0. The topological polar surface area (TPSA) is 81.7 Å². The van der Waals surface area contributed by atoms with Crippen molar-refractivity contribution in [2.45, 2.75) is 31.7 Å². The van der Waals surface area contributed by atoms with Crippen molar-refractivity contribution < 1.29 is 4.79 Å². The van der Waals surface area contributed by atoms with E-state index in [4.69, 9.17) is 6.42 Å². The minimum absolute atomic E-state index is 0.0118. The smallest absolute Gasteiger partial charge is 0.262 e. The second kappa shape index (κ2) is 10.1. The number of aromatic nitrogens is 6. The Bertz CT molecular complexity index is 1530. The number of carbonyl (C=O) groups excluding carboxylic acids is 1. The Kier molecular flexibility index (Phi) is 6.34. The Hall–Kier alpha value is -4.51. The lowest BCUT2D eigenvalue weighted by molar-refractivity contribution is -0.128. The molecular formula is C30H29N7O. The van der Waals surface area contributed by atoms with E-state index < -0.39 is 0 Å². The molecule has 0 unspecified atom stereocenters. The van der Waals surface area contributed by atoms with Crippen molar-refractivity contribution in [3.8, 4) is 46.0 Å². The van der Waals surface area contributed by atoms with Gasteiger partial charge in [-0.05, 0) is 43.2 Å². The van der Waals surface area contributed by atoms with Gasteiger partial charge in [-0.1, -0.05) is 30.2 Å². The molecule has 0 atom stereocenters. The van der Waals surface area contributed by atoms with Crippen molar-refractivity contribution in [1.29, 1.82) is 0 Å². The molecule has 6 rings (SSSR count). The molecule has 0 spiro atoms. The molecule has 3 aromatic heterocycles. The van der Waals surface area contributed by atoms with E-state index in [1.807, 2.05) is 72.0 Å². The third kappa shape index (κ3) is 5.00. The van der Waals surface area contributed by atoms with Crippen LogP contribution in [0.3, 0.4) is 0 Å². The second-order valence-corrected chi connectivity index (χ2v) is 10.1. The summed E-state index contributed by atoms with van der Waals surface area (Å²) in [5.74, 6) is 3.74. The van der Waals surface area contributed by atoms with Gasteiger partial charge in [-0.3, -0.25) is 14.2 Å².